The first kappa shape index (κ1) is 14.4. The van der Waals surface area contributed by atoms with Crippen molar-refractivity contribution in [1.82, 2.24) is 5.32 Å². The van der Waals surface area contributed by atoms with Gasteiger partial charge in [-0.05, 0) is 24.8 Å². The van der Waals surface area contributed by atoms with E-state index in [1.165, 1.54) is 12.8 Å². The average molecular weight is 214 g/mol. The van der Waals surface area contributed by atoms with Gasteiger partial charge in [0, 0.05) is 13.0 Å². The number of nitrogens with two attached hydrogens (primary N) is 1. The predicted octanol–water partition coefficient (Wildman–Crippen LogP) is 1.91. The van der Waals surface area contributed by atoms with E-state index in [1.807, 2.05) is 6.92 Å². The lowest BCUT2D eigenvalue weighted by Gasteiger charge is -2.09. The summed E-state index contributed by atoms with van der Waals surface area (Å²) in [6, 6.07) is 0. The minimum atomic E-state index is 0.137. The van der Waals surface area contributed by atoms with E-state index in [1.54, 1.807) is 0 Å². The number of rotatable bonds is 8. The van der Waals surface area contributed by atoms with Gasteiger partial charge in [-0.2, -0.15) is 0 Å². The van der Waals surface area contributed by atoms with E-state index in [2.05, 4.69) is 19.2 Å². The van der Waals surface area contributed by atoms with E-state index in [4.69, 9.17) is 5.73 Å². The molecule has 0 aliphatic carbocycles. The molecule has 0 spiro atoms. The maximum absolute atomic E-state index is 11.3. The van der Waals surface area contributed by atoms with Gasteiger partial charge in [0.2, 0.25) is 5.91 Å². The highest BCUT2D eigenvalue weighted by atomic mass is 16.1. The second-order valence-corrected chi connectivity index (χ2v) is 4.78. The van der Waals surface area contributed by atoms with Gasteiger partial charge in [-0.15, -0.1) is 0 Å². The van der Waals surface area contributed by atoms with Gasteiger partial charge in [0.15, 0.2) is 0 Å². The number of hydrogen-bond donors (Lipinski definition) is 2. The van der Waals surface area contributed by atoms with E-state index in [9.17, 15) is 4.79 Å². The fraction of sp³-hybridized carbons (Fsp3) is 0.917. The Kier molecular flexibility index (Phi) is 8.38. The van der Waals surface area contributed by atoms with Gasteiger partial charge in [0.1, 0.15) is 0 Å². The van der Waals surface area contributed by atoms with Gasteiger partial charge in [-0.25, -0.2) is 0 Å². The van der Waals surface area contributed by atoms with Crippen LogP contribution in [-0.4, -0.2) is 19.0 Å². The molecule has 0 aromatic rings. The first-order chi connectivity index (χ1) is 7.06. The van der Waals surface area contributed by atoms with Crippen LogP contribution >= 0.6 is 0 Å². The Labute approximate surface area is 93.8 Å². The van der Waals surface area contributed by atoms with Crippen molar-refractivity contribution in [3.8, 4) is 0 Å². The van der Waals surface area contributed by atoms with E-state index >= 15 is 0 Å². The smallest absolute Gasteiger partial charge is 0.220 e. The normalized spacial score (nSPS) is 12.9. The number of unbranched alkanes of at least 4 members (excludes halogenated alkanes) is 1. The number of carbonyl (C=O) groups excluding carboxylic acids is 1. The van der Waals surface area contributed by atoms with Crippen LogP contribution < -0.4 is 11.1 Å². The molecule has 0 aromatic carbocycles. The quantitative estimate of drug-likeness (QED) is 0.606. The van der Waals surface area contributed by atoms with Crippen LogP contribution in [0.2, 0.25) is 0 Å². The molecule has 1 atom stereocenters. The molecule has 0 rings (SSSR count). The van der Waals surface area contributed by atoms with Crippen molar-refractivity contribution in [2.24, 2.45) is 17.6 Å². The lowest BCUT2D eigenvalue weighted by molar-refractivity contribution is -0.121. The third kappa shape index (κ3) is 9.73. The van der Waals surface area contributed by atoms with Crippen molar-refractivity contribution in [3.63, 3.8) is 0 Å². The molecule has 0 aliphatic rings. The summed E-state index contributed by atoms with van der Waals surface area (Å²) in [6.45, 7) is 7.84. The molecule has 3 heteroatoms. The minimum absolute atomic E-state index is 0.137. The molecule has 3 nitrogen and oxygen atoms in total. The van der Waals surface area contributed by atoms with Crippen LogP contribution in [0.5, 0.6) is 0 Å². The van der Waals surface area contributed by atoms with Gasteiger partial charge < -0.3 is 11.1 Å². The van der Waals surface area contributed by atoms with E-state index in [0.717, 1.165) is 18.9 Å². The van der Waals surface area contributed by atoms with Crippen LogP contribution in [0.4, 0.5) is 0 Å². The minimum Gasteiger partial charge on any atom is -0.356 e. The van der Waals surface area contributed by atoms with Crippen LogP contribution in [0.1, 0.15) is 46.5 Å². The molecule has 0 aromatic heterocycles. The lowest BCUT2D eigenvalue weighted by atomic mass is 10.1. The third-order valence-electron chi connectivity index (χ3n) is 2.47. The van der Waals surface area contributed by atoms with Crippen LogP contribution in [0.15, 0.2) is 0 Å². The zero-order chi connectivity index (χ0) is 11.7. The molecule has 3 N–H and O–H groups in total. The molecule has 0 aliphatic heterocycles. The summed E-state index contributed by atoms with van der Waals surface area (Å²) in [5, 5.41) is 2.93. The summed E-state index contributed by atoms with van der Waals surface area (Å²) in [6.07, 6.45) is 4.08. The second kappa shape index (κ2) is 8.72. The molecule has 90 valence electrons. The Hall–Kier alpha value is -0.570. The first-order valence-corrected chi connectivity index (χ1v) is 6.03. The Balaban J connectivity index is 3.31. The van der Waals surface area contributed by atoms with Crippen LogP contribution in [0.3, 0.4) is 0 Å². The van der Waals surface area contributed by atoms with E-state index in [-0.39, 0.29) is 5.91 Å². The van der Waals surface area contributed by atoms with Gasteiger partial charge in [-0.1, -0.05) is 33.6 Å². The van der Waals surface area contributed by atoms with Crippen LogP contribution in [-0.2, 0) is 4.79 Å². The monoisotopic (exact) mass is 214 g/mol. The first-order valence-electron chi connectivity index (χ1n) is 6.03. The molecular weight excluding hydrogens is 188 g/mol. The summed E-state index contributed by atoms with van der Waals surface area (Å²) in [5.41, 5.74) is 5.45. The fourth-order valence-corrected chi connectivity index (χ4v) is 1.38. The standard InChI is InChI=1S/C12H26N2O/c1-10(2)6-4-5-7-14-12(15)8-11(3)9-13/h10-11H,4-9,13H2,1-3H3,(H,14,15). The number of amides is 1. The van der Waals surface area contributed by atoms with Crippen LogP contribution in [0, 0.1) is 11.8 Å². The third-order valence-corrected chi connectivity index (χ3v) is 2.47. The topological polar surface area (TPSA) is 55.1 Å². The zero-order valence-electron chi connectivity index (χ0n) is 10.4. The van der Waals surface area contributed by atoms with E-state index in [0.29, 0.717) is 18.9 Å². The van der Waals surface area contributed by atoms with Crippen molar-refractivity contribution >= 4 is 5.91 Å². The summed E-state index contributed by atoms with van der Waals surface area (Å²) in [4.78, 5) is 11.3. The van der Waals surface area contributed by atoms with Crippen molar-refractivity contribution in [2.45, 2.75) is 46.5 Å². The summed E-state index contributed by atoms with van der Waals surface area (Å²) in [7, 11) is 0. The molecule has 0 fully saturated rings. The SMILES string of the molecule is CC(C)CCCCNC(=O)CC(C)CN. The second-order valence-electron chi connectivity index (χ2n) is 4.78. The summed E-state index contributed by atoms with van der Waals surface area (Å²) < 4.78 is 0. The maximum Gasteiger partial charge on any atom is 0.220 e. The maximum atomic E-state index is 11.3. The largest absolute Gasteiger partial charge is 0.356 e. The molecule has 1 unspecified atom stereocenters. The highest BCUT2D eigenvalue weighted by Crippen LogP contribution is 2.05. The van der Waals surface area contributed by atoms with Crippen molar-refractivity contribution in [1.29, 1.82) is 0 Å². The molecule has 0 saturated heterocycles. The molecule has 0 heterocycles. The van der Waals surface area contributed by atoms with Crippen molar-refractivity contribution in [2.75, 3.05) is 13.1 Å². The Morgan fingerprint density at radius 2 is 1.93 bits per heavy atom. The van der Waals surface area contributed by atoms with Crippen molar-refractivity contribution < 1.29 is 4.79 Å². The van der Waals surface area contributed by atoms with Crippen molar-refractivity contribution in [3.05, 3.63) is 0 Å². The molecule has 0 saturated carbocycles. The Morgan fingerprint density at radius 1 is 1.27 bits per heavy atom. The molecule has 1 amide bonds. The zero-order valence-corrected chi connectivity index (χ0v) is 10.4. The highest BCUT2D eigenvalue weighted by molar-refractivity contribution is 5.76. The Morgan fingerprint density at radius 3 is 2.47 bits per heavy atom. The van der Waals surface area contributed by atoms with Gasteiger partial charge in [0.25, 0.3) is 0 Å². The van der Waals surface area contributed by atoms with Gasteiger partial charge in [-0.3, -0.25) is 4.79 Å². The highest BCUT2D eigenvalue weighted by Gasteiger charge is 2.06. The molecule has 15 heavy (non-hydrogen) atoms. The molecular formula is C12H26N2O. The number of nitrogens with one attached hydrogen (secondary N) is 1. The summed E-state index contributed by atoms with van der Waals surface area (Å²) >= 11 is 0. The predicted molar refractivity (Wildman–Crippen MR) is 64.5 cm³/mol. The van der Waals surface area contributed by atoms with Crippen LogP contribution in [0.25, 0.3) is 0 Å². The van der Waals surface area contributed by atoms with Gasteiger partial charge in [0.05, 0.1) is 0 Å². The molecule has 0 bridgehead atoms. The average Bonchev–Trinajstić information content (AvgIpc) is 2.16. The van der Waals surface area contributed by atoms with Gasteiger partial charge >= 0.3 is 0 Å². The number of carbonyl (C=O) groups is 1. The Bertz CT molecular complexity index is 169. The molecule has 0 radical (unpaired) electrons. The fourth-order valence-electron chi connectivity index (χ4n) is 1.38. The van der Waals surface area contributed by atoms with E-state index < -0.39 is 0 Å². The summed E-state index contributed by atoms with van der Waals surface area (Å²) in [5.74, 6) is 1.19. The number of hydrogen-bond acceptors (Lipinski definition) is 2. The lowest BCUT2D eigenvalue weighted by Crippen LogP contribution is -2.27.